The van der Waals surface area contributed by atoms with Crippen molar-refractivity contribution in [2.75, 3.05) is 37.6 Å². The van der Waals surface area contributed by atoms with Gasteiger partial charge >= 0.3 is 0 Å². The Balaban J connectivity index is 1.88. The van der Waals surface area contributed by atoms with E-state index >= 15 is 0 Å². The van der Waals surface area contributed by atoms with E-state index in [-0.39, 0.29) is 5.56 Å². The number of fused-ring (bicyclic) bond motifs is 1. The number of pyridine rings is 1. The summed E-state index contributed by atoms with van der Waals surface area (Å²) in [5, 5.41) is 0.540. The van der Waals surface area contributed by atoms with Gasteiger partial charge in [0.1, 0.15) is 0 Å². The number of likely N-dealkylation sites (N-methyl/N-ethyl adjacent to an activating group) is 1. The number of nitrogens with zero attached hydrogens (tertiary/aromatic N) is 4. The van der Waals surface area contributed by atoms with Crippen molar-refractivity contribution in [2.45, 2.75) is 6.92 Å². The highest BCUT2D eigenvalue weighted by Gasteiger charge is 2.18. The molecule has 6 nitrogen and oxygen atoms in total. The predicted molar refractivity (Wildman–Crippen MR) is 74.5 cm³/mol. The normalized spacial score (nSPS) is 17.0. The molecule has 2 aromatic heterocycles. The Bertz CT molecular complexity index is 630. The van der Waals surface area contributed by atoms with Crippen molar-refractivity contribution in [2.24, 2.45) is 0 Å². The lowest BCUT2D eigenvalue weighted by atomic mass is 10.3. The summed E-state index contributed by atoms with van der Waals surface area (Å²) in [7, 11) is 0. The van der Waals surface area contributed by atoms with E-state index in [0.717, 1.165) is 32.7 Å². The Morgan fingerprint density at radius 2 is 2.11 bits per heavy atom. The highest BCUT2D eigenvalue weighted by Crippen LogP contribution is 2.13. The largest absolute Gasteiger partial charge is 0.338 e. The Hall–Kier alpha value is -1.95. The summed E-state index contributed by atoms with van der Waals surface area (Å²) in [5.74, 6) is 0.717. The number of hydrogen-bond donors (Lipinski definition) is 1. The molecule has 0 atom stereocenters. The molecule has 0 saturated carbocycles. The van der Waals surface area contributed by atoms with E-state index in [1.807, 2.05) is 6.07 Å². The molecular formula is C13H17N5O. The number of nitrogens with one attached hydrogen (secondary N) is 1. The number of anilines is 1. The van der Waals surface area contributed by atoms with Gasteiger partial charge in [-0.2, -0.15) is 0 Å². The molecule has 0 amide bonds. The first-order valence-electron chi connectivity index (χ1n) is 6.59. The third-order valence-corrected chi connectivity index (χ3v) is 3.61. The van der Waals surface area contributed by atoms with Crippen LogP contribution in [0.2, 0.25) is 0 Å². The van der Waals surface area contributed by atoms with Gasteiger partial charge in [-0.3, -0.25) is 4.79 Å². The second kappa shape index (κ2) is 4.97. The molecule has 6 heteroatoms. The van der Waals surface area contributed by atoms with Crippen LogP contribution in [0.15, 0.2) is 23.3 Å². The molecule has 0 bridgehead atoms. The molecule has 3 heterocycles. The Morgan fingerprint density at radius 3 is 2.84 bits per heavy atom. The quantitative estimate of drug-likeness (QED) is 0.849. The zero-order valence-electron chi connectivity index (χ0n) is 11.0. The van der Waals surface area contributed by atoms with Gasteiger partial charge in [0.05, 0.1) is 10.9 Å². The molecular weight excluding hydrogens is 242 g/mol. The standard InChI is InChI=1S/C13H17N5O/c1-2-17-5-7-18(8-6-17)13-15-9-10-11(16-13)3-4-14-12(10)19/h3-4,9H,2,5-8H2,1H3,(H,14,19). The van der Waals surface area contributed by atoms with Gasteiger partial charge in [0, 0.05) is 38.6 Å². The molecule has 1 N–H and O–H groups in total. The lowest BCUT2D eigenvalue weighted by Gasteiger charge is -2.33. The minimum absolute atomic E-state index is 0.139. The molecule has 1 saturated heterocycles. The predicted octanol–water partition coefficient (Wildman–Crippen LogP) is 0.460. The number of hydrogen-bond acceptors (Lipinski definition) is 5. The van der Waals surface area contributed by atoms with E-state index in [0.29, 0.717) is 16.9 Å². The smallest absolute Gasteiger partial charge is 0.258 e. The molecule has 19 heavy (non-hydrogen) atoms. The first kappa shape index (κ1) is 12.1. The fraction of sp³-hybridized carbons (Fsp3) is 0.462. The van der Waals surface area contributed by atoms with Crippen molar-refractivity contribution in [1.82, 2.24) is 19.9 Å². The van der Waals surface area contributed by atoms with E-state index in [1.54, 1.807) is 12.4 Å². The summed E-state index contributed by atoms with van der Waals surface area (Å²) in [6, 6.07) is 1.81. The van der Waals surface area contributed by atoms with Crippen molar-refractivity contribution >= 4 is 16.9 Å². The molecule has 2 aromatic rings. The van der Waals surface area contributed by atoms with Crippen LogP contribution in [-0.2, 0) is 0 Å². The van der Waals surface area contributed by atoms with Crippen LogP contribution in [0.1, 0.15) is 6.92 Å². The monoisotopic (exact) mass is 259 g/mol. The molecule has 1 aliphatic heterocycles. The van der Waals surface area contributed by atoms with Crippen molar-refractivity contribution < 1.29 is 0 Å². The highest BCUT2D eigenvalue weighted by molar-refractivity contribution is 5.77. The average molecular weight is 259 g/mol. The molecule has 100 valence electrons. The maximum Gasteiger partial charge on any atom is 0.258 e. The van der Waals surface area contributed by atoms with Crippen LogP contribution in [-0.4, -0.2) is 52.6 Å². The van der Waals surface area contributed by atoms with Gasteiger partial charge < -0.3 is 14.8 Å². The van der Waals surface area contributed by atoms with Gasteiger partial charge in [-0.25, -0.2) is 9.97 Å². The summed E-state index contributed by atoms with van der Waals surface area (Å²) in [4.78, 5) is 27.6. The van der Waals surface area contributed by atoms with Gasteiger partial charge in [-0.05, 0) is 12.6 Å². The van der Waals surface area contributed by atoms with Crippen LogP contribution in [0, 0.1) is 0 Å². The minimum Gasteiger partial charge on any atom is -0.338 e. The summed E-state index contributed by atoms with van der Waals surface area (Å²) >= 11 is 0. The molecule has 0 aliphatic carbocycles. The second-order valence-corrected chi connectivity index (χ2v) is 4.70. The first-order valence-corrected chi connectivity index (χ1v) is 6.59. The maximum absolute atomic E-state index is 11.6. The van der Waals surface area contributed by atoms with E-state index < -0.39 is 0 Å². The number of aromatic nitrogens is 3. The summed E-state index contributed by atoms with van der Waals surface area (Å²) in [5.41, 5.74) is 0.562. The first-order chi connectivity index (χ1) is 9.28. The van der Waals surface area contributed by atoms with Crippen molar-refractivity contribution in [3.8, 4) is 0 Å². The van der Waals surface area contributed by atoms with Crippen molar-refractivity contribution in [1.29, 1.82) is 0 Å². The number of rotatable bonds is 2. The van der Waals surface area contributed by atoms with Gasteiger partial charge in [-0.1, -0.05) is 6.92 Å². The van der Waals surface area contributed by atoms with E-state index in [4.69, 9.17) is 0 Å². The molecule has 0 radical (unpaired) electrons. The fourth-order valence-corrected chi connectivity index (χ4v) is 2.38. The van der Waals surface area contributed by atoms with Gasteiger partial charge in [-0.15, -0.1) is 0 Å². The van der Waals surface area contributed by atoms with E-state index in [1.165, 1.54) is 0 Å². The Labute approximate surface area is 111 Å². The summed E-state index contributed by atoms with van der Waals surface area (Å²) in [6.45, 7) is 7.20. The van der Waals surface area contributed by atoms with Crippen LogP contribution in [0.5, 0.6) is 0 Å². The zero-order valence-corrected chi connectivity index (χ0v) is 11.0. The number of H-pyrrole nitrogens is 1. The molecule has 0 unspecified atom stereocenters. The van der Waals surface area contributed by atoms with Crippen molar-refractivity contribution in [3.63, 3.8) is 0 Å². The third kappa shape index (κ3) is 2.31. The molecule has 0 spiro atoms. The molecule has 0 aromatic carbocycles. The molecule has 3 rings (SSSR count). The van der Waals surface area contributed by atoms with E-state index in [2.05, 4.69) is 31.7 Å². The number of piperazine rings is 1. The van der Waals surface area contributed by atoms with Crippen molar-refractivity contribution in [3.05, 3.63) is 28.8 Å². The highest BCUT2D eigenvalue weighted by atomic mass is 16.1. The Kier molecular flexibility index (Phi) is 3.16. The topological polar surface area (TPSA) is 65.1 Å². The van der Waals surface area contributed by atoms with Crippen LogP contribution in [0.3, 0.4) is 0 Å². The second-order valence-electron chi connectivity index (χ2n) is 4.70. The SMILES string of the molecule is CCN1CCN(c2ncc3c(=O)[nH]ccc3n2)CC1. The lowest BCUT2D eigenvalue weighted by Crippen LogP contribution is -2.46. The van der Waals surface area contributed by atoms with Crippen LogP contribution < -0.4 is 10.5 Å². The average Bonchev–Trinajstić information content (AvgIpc) is 2.47. The van der Waals surface area contributed by atoms with Crippen LogP contribution >= 0.6 is 0 Å². The van der Waals surface area contributed by atoms with Crippen LogP contribution in [0.4, 0.5) is 5.95 Å². The van der Waals surface area contributed by atoms with Gasteiger partial charge in [0.2, 0.25) is 5.95 Å². The van der Waals surface area contributed by atoms with Gasteiger partial charge in [0.25, 0.3) is 5.56 Å². The van der Waals surface area contributed by atoms with Gasteiger partial charge in [0.15, 0.2) is 0 Å². The number of aromatic amines is 1. The summed E-state index contributed by atoms with van der Waals surface area (Å²) in [6.07, 6.45) is 3.24. The fourth-order valence-electron chi connectivity index (χ4n) is 2.38. The van der Waals surface area contributed by atoms with E-state index in [9.17, 15) is 4.79 Å². The molecule has 1 fully saturated rings. The van der Waals surface area contributed by atoms with Crippen LogP contribution in [0.25, 0.3) is 10.9 Å². The minimum atomic E-state index is -0.139. The molecule has 1 aliphatic rings. The lowest BCUT2D eigenvalue weighted by molar-refractivity contribution is 0.270. The zero-order chi connectivity index (χ0) is 13.2. The third-order valence-electron chi connectivity index (χ3n) is 3.61. The summed E-state index contributed by atoms with van der Waals surface area (Å²) < 4.78 is 0. The Morgan fingerprint density at radius 1 is 1.32 bits per heavy atom. The maximum atomic E-state index is 11.6.